The molecule has 0 nitrogen and oxygen atoms in total. The molecule has 0 saturated heterocycles. The monoisotopic (exact) mass is 286 g/mol. The van der Waals surface area contributed by atoms with Crippen LogP contribution < -0.4 is 0 Å². The van der Waals surface area contributed by atoms with Crippen LogP contribution in [0.15, 0.2) is 0 Å². The zero-order valence-corrected chi connectivity index (χ0v) is 11.5. The van der Waals surface area contributed by atoms with E-state index in [1.54, 1.807) is 0 Å². The predicted octanol–water partition coefficient (Wildman–Crippen LogP) is 4.30. The maximum absolute atomic E-state index is 2.44. The number of hydrogen-bond acceptors (Lipinski definition) is 0. The van der Waals surface area contributed by atoms with Crippen LogP contribution in [0.5, 0.6) is 0 Å². The van der Waals surface area contributed by atoms with Gasteiger partial charge in [0.25, 0.3) is 0 Å². The van der Waals surface area contributed by atoms with Crippen LogP contribution >= 0.6 is 0 Å². The first-order chi connectivity index (χ1) is 5.62. The number of unbranched alkanes of at least 4 members (excludes halogenated alkanes) is 4. The first-order valence-corrected chi connectivity index (χ1v) is 8.67. The van der Waals surface area contributed by atoms with Gasteiger partial charge in [0.05, 0.1) is 0 Å². The van der Waals surface area contributed by atoms with Gasteiger partial charge in [-0.2, -0.15) is 0 Å². The van der Waals surface area contributed by atoms with Crippen LogP contribution in [0.1, 0.15) is 59.3 Å². The Morgan fingerprint density at radius 3 is 2.08 bits per heavy atom. The fourth-order valence-corrected chi connectivity index (χ4v) is 2.25. The minimum atomic E-state index is 0.274. The molecule has 0 amide bonds. The summed E-state index contributed by atoms with van der Waals surface area (Å²) < 4.78 is 0.719. The van der Waals surface area contributed by atoms with Gasteiger partial charge in [0.1, 0.15) is 0 Å². The van der Waals surface area contributed by atoms with Gasteiger partial charge in [-0.1, -0.05) is 0 Å². The summed E-state index contributed by atoms with van der Waals surface area (Å²) in [5.41, 5.74) is 0. The van der Waals surface area contributed by atoms with E-state index >= 15 is 0 Å². The van der Waals surface area contributed by atoms with Gasteiger partial charge in [-0.05, 0) is 0 Å². The van der Waals surface area contributed by atoms with Crippen LogP contribution in [0.3, 0.4) is 0 Å². The third kappa shape index (κ3) is 7.44. The van der Waals surface area contributed by atoms with Gasteiger partial charge in [0, 0.05) is 0 Å². The fourth-order valence-electron chi connectivity index (χ4n) is 1.26. The third-order valence-electron chi connectivity index (χ3n) is 2.43. The maximum atomic E-state index is 2.44. The normalized spacial score (nSPS) is 12.0. The van der Waals surface area contributed by atoms with Gasteiger partial charge in [-0.25, -0.2) is 0 Å². The Labute approximate surface area is 88.6 Å². The van der Waals surface area contributed by atoms with E-state index < -0.39 is 0 Å². The van der Waals surface area contributed by atoms with Crippen LogP contribution in [0.4, 0.5) is 0 Å². The predicted molar refractivity (Wildman–Crippen MR) is 59.0 cm³/mol. The van der Waals surface area contributed by atoms with Crippen LogP contribution in [0.2, 0.25) is 8.43 Å². The molecule has 0 radical (unpaired) electrons. The summed E-state index contributed by atoms with van der Waals surface area (Å²) in [5.74, 6) is 0. The molecule has 0 aromatic heterocycles. The van der Waals surface area contributed by atoms with Crippen molar-refractivity contribution in [2.75, 3.05) is 0 Å². The molecule has 0 aromatic carbocycles. The van der Waals surface area contributed by atoms with Crippen molar-refractivity contribution < 1.29 is 0 Å². The molecule has 0 atom stereocenters. The van der Waals surface area contributed by atoms with Gasteiger partial charge in [-0.15, -0.1) is 0 Å². The molecule has 0 saturated carbocycles. The molecule has 0 aromatic rings. The molecule has 0 unspecified atom stereocenters. The van der Waals surface area contributed by atoms with E-state index in [1.807, 2.05) is 0 Å². The summed E-state index contributed by atoms with van der Waals surface area (Å²) in [6, 6.07) is 0. The first kappa shape index (κ1) is 12.8. The molecule has 74 valence electrons. The molecule has 0 N–H and O–H groups in total. The van der Waals surface area contributed by atoms with E-state index in [0.717, 1.165) is 3.46 Å². The first-order valence-electron chi connectivity index (χ1n) is 5.17. The zero-order chi connectivity index (χ0) is 9.45. The van der Waals surface area contributed by atoms with E-state index in [9.17, 15) is 0 Å². The van der Waals surface area contributed by atoms with Gasteiger partial charge in [-0.3, -0.25) is 0 Å². The molecule has 0 aliphatic heterocycles. The average molecular weight is 284 g/mol. The standard InChI is InChI=1S/C11H24Te/c1-5-6-7-8-9-10-11(2,3)12-4/h5-10H2,1-4H3. The van der Waals surface area contributed by atoms with Gasteiger partial charge in [0.15, 0.2) is 0 Å². The van der Waals surface area contributed by atoms with Crippen molar-refractivity contribution in [2.24, 2.45) is 0 Å². The van der Waals surface area contributed by atoms with E-state index in [-0.39, 0.29) is 20.9 Å². The molecule has 0 fully saturated rings. The second-order valence-electron chi connectivity index (χ2n) is 4.13. The molecule has 1 heteroatoms. The molecule has 12 heavy (non-hydrogen) atoms. The summed E-state index contributed by atoms with van der Waals surface area (Å²) in [7, 11) is 0. The topological polar surface area (TPSA) is 0 Å². The molecule has 0 bridgehead atoms. The van der Waals surface area contributed by atoms with Crippen molar-refractivity contribution in [1.82, 2.24) is 0 Å². The van der Waals surface area contributed by atoms with Crippen molar-refractivity contribution in [3.8, 4) is 0 Å². The average Bonchev–Trinajstić information content (AvgIpc) is 2.04. The Kier molecular flexibility index (Phi) is 7.69. The van der Waals surface area contributed by atoms with Crippen LogP contribution in [-0.2, 0) is 0 Å². The Hall–Kier alpha value is 0.790. The van der Waals surface area contributed by atoms with Crippen LogP contribution in [0.25, 0.3) is 0 Å². The molecular formula is C11H24Te. The Morgan fingerprint density at radius 2 is 1.58 bits per heavy atom. The Balaban J connectivity index is 3.19. The zero-order valence-electron chi connectivity index (χ0n) is 9.15. The minimum absolute atomic E-state index is 0.274. The summed E-state index contributed by atoms with van der Waals surface area (Å²) >= 11 is 0.274. The Bertz CT molecular complexity index is 97.2. The summed E-state index contributed by atoms with van der Waals surface area (Å²) in [4.78, 5) is 2.43. The molecule has 0 spiro atoms. The van der Waals surface area contributed by atoms with Gasteiger partial charge >= 0.3 is 88.7 Å². The summed E-state index contributed by atoms with van der Waals surface area (Å²) in [6.45, 7) is 7.16. The number of hydrogen-bond donors (Lipinski definition) is 0. The van der Waals surface area contributed by atoms with Crippen molar-refractivity contribution in [3.63, 3.8) is 0 Å². The fraction of sp³-hybridized carbons (Fsp3) is 1.00. The third-order valence-corrected chi connectivity index (χ3v) is 6.17. The van der Waals surface area contributed by atoms with E-state index in [2.05, 4.69) is 25.7 Å². The SMILES string of the molecule is CCCCCCCC(C)(C)[Te]C. The van der Waals surface area contributed by atoms with Crippen molar-refractivity contribution in [3.05, 3.63) is 0 Å². The number of rotatable bonds is 7. The van der Waals surface area contributed by atoms with Crippen LogP contribution in [-0.4, -0.2) is 20.9 Å². The second kappa shape index (κ2) is 7.22. The molecule has 0 rings (SSSR count). The van der Waals surface area contributed by atoms with Gasteiger partial charge in [0.2, 0.25) is 0 Å². The van der Waals surface area contributed by atoms with E-state index in [1.165, 1.54) is 38.5 Å². The second-order valence-corrected chi connectivity index (χ2v) is 8.45. The van der Waals surface area contributed by atoms with Crippen molar-refractivity contribution in [2.45, 2.75) is 67.7 Å². The van der Waals surface area contributed by atoms with E-state index in [4.69, 9.17) is 0 Å². The Morgan fingerprint density at radius 1 is 1.00 bits per heavy atom. The summed E-state index contributed by atoms with van der Waals surface area (Å²) in [5, 5.41) is 0. The van der Waals surface area contributed by atoms with Gasteiger partial charge < -0.3 is 0 Å². The molecule has 0 heterocycles. The van der Waals surface area contributed by atoms with Crippen LogP contribution in [0, 0.1) is 0 Å². The molecule has 0 aliphatic carbocycles. The summed E-state index contributed by atoms with van der Waals surface area (Å²) in [6.07, 6.45) is 8.65. The van der Waals surface area contributed by atoms with E-state index in [0.29, 0.717) is 0 Å². The van der Waals surface area contributed by atoms with Crippen molar-refractivity contribution >= 4 is 20.9 Å². The molecule has 0 aliphatic rings. The van der Waals surface area contributed by atoms with Crippen molar-refractivity contribution in [1.29, 1.82) is 0 Å². The molecular weight excluding hydrogens is 260 g/mol. The quantitative estimate of drug-likeness (QED) is 0.483.